The zero-order chi connectivity index (χ0) is 70.4. The first kappa shape index (κ1) is 93.0. The minimum atomic E-state index is -4.97. The molecule has 96 heavy (non-hydrogen) atoms. The number of carbonyl (C=O) groups excluding carboxylic acids is 4. The summed E-state index contributed by atoms with van der Waals surface area (Å²) in [5.41, 5.74) is 0. The van der Waals surface area contributed by atoms with Crippen LogP contribution in [-0.4, -0.2) is 96.7 Å². The summed E-state index contributed by atoms with van der Waals surface area (Å²) >= 11 is 0. The summed E-state index contributed by atoms with van der Waals surface area (Å²) in [6.07, 6.45) is 66.7. The maximum atomic E-state index is 13.1. The van der Waals surface area contributed by atoms with Crippen LogP contribution in [-0.2, 0) is 65.4 Å². The molecule has 0 aliphatic carbocycles. The molecule has 3 N–H and O–H groups in total. The zero-order valence-corrected chi connectivity index (χ0v) is 63.1. The standard InChI is InChI=1S/C77H142O17P2/c1-5-9-13-17-21-25-29-31-33-34-35-36-38-39-43-46-50-54-58-62-75(80)88-68-73(94-77(82)64-60-56-52-48-44-40-37-32-30-26-22-18-14-10-6-2)70-92-96(85,86)90-66-71(78)65-89-95(83,84)91-69-72(93-76(81)63-59-55-51-47-42-28-24-20-16-12-8-4)67-87-74(79)61-57-53-49-45-41-27-23-19-15-11-7-3/h9,13,21,25,31,33,35-36,71-73,78H,5-8,10-12,14-20,22-24,26-30,32,34,37-70H2,1-4H3,(H,83,84)(H,85,86)/b13-9-,25-21-,33-31-,36-35-. The Morgan fingerprint density at radius 1 is 0.302 bits per heavy atom. The van der Waals surface area contributed by atoms with Crippen molar-refractivity contribution in [3.63, 3.8) is 0 Å². The maximum absolute atomic E-state index is 13.1. The third kappa shape index (κ3) is 69.5. The Morgan fingerprint density at radius 2 is 0.542 bits per heavy atom. The van der Waals surface area contributed by atoms with Crippen LogP contribution in [0, 0.1) is 0 Å². The van der Waals surface area contributed by atoms with Crippen molar-refractivity contribution >= 4 is 39.5 Å². The van der Waals surface area contributed by atoms with Crippen molar-refractivity contribution in [2.45, 2.75) is 380 Å². The molecular formula is C77H142O17P2. The normalized spacial score (nSPS) is 14.2. The summed E-state index contributed by atoms with van der Waals surface area (Å²) in [6.45, 7) is 4.81. The van der Waals surface area contributed by atoms with E-state index in [4.69, 9.17) is 37.0 Å². The molecule has 0 aromatic heterocycles. The molecule has 17 nitrogen and oxygen atoms in total. The molecule has 0 fully saturated rings. The quantitative estimate of drug-likeness (QED) is 0.0169. The van der Waals surface area contributed by atoms with Crippen LogP contribution in [0.2, 0.25) is 0 Å². The second-order valence-corrected chi connectivity index (χ2v) is 29.2. The van der Waals surface area contributed by atoms with Crippen LogP contribution in [0.15, 0.2) is 48.6 Å². The minimum Gasteiger partial charge on any atom is -0.462 e. The summed E-state index contributed by atoms with van der Waals surface area (Å²) in [5, 5.41) is 10.6. The lowest BCUT2D eigenvalue weighted by Crippen LogP contribution is -2.30. The molecule has 0 aliphatic rings. The van der Waals surface area contributed by atoms with Crippen molar-refractivity contribution in [3.8, 4) is 0 Å². The summed E-state index contributed by atoms with van der Waals surface area (Å²) in [4.78, 5) is 72.8. The van der Waals surface area contributed by atoms with Gasteiger partial charge < -0.3 is 33.8 Å². The van der Waals surface area contributed by atoms with Gasteiger partial charge in [-0.2, -0.15) is 0 Å². The van der Waals surface area contributed by atoms with E-state index in [0.717, 1.165) is 135 Å². The van der Waals surface area contributed by atoms with E-state index < -0.39 is 97.5 Å². The van der Waals surface area contributed by atoms with E-state index in [0.29, 0.717) is 25.7 Å². The number of esters is 4. The van der Waals surface area contributed by atoms with E-state index >= 15 is 0 Å². The van der Waals surface area contributed by atoms with E-state index in [1.165, 1.54) is 148 Å². The highest BCUT2D eigenvalue weighted by atomic mass is 31.2. The molecule has 0 amide bonds. The molecule has 0 aromatic carbocycles. The van der Waals surface area contributed by atoms with Crippen molar-refractivity contribution in [1.29, 1.82) is 0 Å². The highest BCUT2D eigenvalue weighted by Gasteiger charge is 2.30. The number of phosphoric acid groups is 2. The number of hydrogen-bond acceptors (Lipinski definition) is 15. The largest absolute Gasteiger partial charge is 0.472 e. The van der Waals surface area contributed by atoms with Crippen LogP contribution in [0.1, 0.15) is 362 Å². The number of hydrogen-bond donors (Lipinski definition) is 3. The van der Waals surface area contributed by atoms with Crippen LogP contribution in [0.4, 0.5) is 0 Å². The molecule has 0 rings (SSSR count). The smallest absolute Gasteiger partial charge is 0.462 e. The van der Waals surface area contributed by atoms with Gasteiger partial charge in [-0.1, -0.05) is 320 Å². The number of rotatable bonds is 74. The van der Waals surface area contributed by atoms with Gasteiger partial charge in [0.25, 0.3) is 0 Å². The van der Waals surface area contributed by atoms with Gasteiger partial charge in [-0.05, 0) is 64.2 Å². The molecule has 5 atom stereocenters. The molecule has 5 unspecified atom stereocenters. The monoisotopic (exact) mass is 1400 g/mol. The summed E-state index contributed by atoms with van der Waals surface area (Å²) in [5.74, 6) is -2.15. The Kier molecular flexibility index (Phi) is 68.3. The molecule has 0 bridgehead atoms. The second-order valence-electron chi connectivity index (χ2n) is 26.3. The SMILES string of the molecule is CC/C=C\C/C=C\C/C=C\C/C=C\CCCCCCCCC(=O)OCC(COP(=O)(O)OCC(O)COP(=O)(O)OCC(COC(=O)CCCCCCCCCCCCC)OC(=O)CCCCCCCCCCCCC)OC(=O)CCCCCCCCCCCCCCCCC. The van der Waals surface area contributed by atoms with Gasteiger partial charge in [-0.25, -0.2) is 9.13 Å². The van der Waals surface area contributed by atoms with E-state index in [-0.39, 0.29) is 25.7 Å². The summed E-state index contributed by atoms with van der Waals surface area (Å²) in [6, 6.07) is 0. The van der Waals surface area contributed by atoms with Gasteiger partial charge in [0.1, 0.15) is 19.3 Å². The predicted molar refractivity (Wildman–Crippen MR) is 390 cm³/mol. The van der Waals surface area contributed by atoms with Crippen LogP contribution >= 0.6 is 15.6 Å². The lowest BCUT2D eigenvalue weighted by atomic mass is 10.0. The minimum absolute atomic E-state index is 0.0995. The lowest BCUT2D eigenvalue weighted by molar-refractivity contribution is -0.161. The Hall–Kier alpha value is -2.98. The summed E-state index contributed by atoms with van der Waals surface area (Å²) < 4.78 is 68.5. The van der Waals surface area contributed by atoms with Crippen molar-refractivity contribution < 1.29 is 80.2 Å². The molecule has 19 heteroatoms. The lowest BCUT2D eigenvalue weighted by Gasteiger charge is -2.21. The predicted octanol–water partition coefficient (Wildman–Crippen LogP) is 22.1. The number of carbonyl (C=O) groups is 4. The molecule has 0 spiro atoms. The average molecular weight is 1400 g/mol. The number of phosphoric ester groups is 2. The topological polar surface area (TPSA) is 237 Å². The maximum Gasteiger partial charge on any atom is 0.472 e. The van der Waals surface area contributed by atoms with Gasteiger partial charge in [0.15, 0.2) is 12.2 Å². The van der Waals surface area contributed by atoms with Crippen molar-refractivity contribution in [3.05, 3.63) is 48.6 Å². The first-order valence-corrected chi connectivity index (χ1v) is 41.9. The van der Waals surface area contributed by atoms with E-state index in [9.17, 15) is 43.2 Å². The number of ether oxygens (including phenoxy) is 4. The molecule has 0 aliphatic heterocycles. The van der Waals surface area contributed by atoms with Gasteiger partial charge >= 0.3 is 39.5 Å². The molecule has 0 saturated heterocycles. The Morgan fingerprint density at radius 3 is 0.833 bits per heavy atom. The van der Waals surface area contributed by atoms with Gasteiger partial charge in [-0.3, -0.25) is 37.3 Å². The van der Waals surface area contributed by atoms with Gasteiger partial charge in [0.2, 0.25) is 0 Å². The highest BCUT2D eigenvalue weighted by molar-refractivity contribution is 7.47. The third-order valence-corrected chi connectivity index (χ3v) is 18.7. The van der Waals surface area contributed by atoms with Crippen LogP contribution < -0.4 is 0 Å². The Labute approximate surface area is 585 Å². The van der Waals surface area contributed by atoms with Crippen LogP contribution in [0.5, 0.6) is 0 Å². The fraction of sp³-hybridized carbons (Fsp3) is 0.844. The van der Waals surface area contributed by atoms with E-state index in [1.807, 2.05) is 0 Å². The van der Waals surface area contributed by atoms with Crippen molar-refractivity contribution in [1.82, 2.24) is 0 Å². The van der Waals surface area contributed by atoms with E-state index in [1.54, 1.807) is 0 Å². The van der Waals surface area contributed by atoms with Crippen LogP contribution in [0.25, 0.3) is 0 Å². The van der Waals surface area contributed by atoms with Gasteiger partial charge in [0, 0.05) is 25.7 Å². The fourth-order valence-corrected chi connectivity index (χ4v) is 12.5. The van der Waals surface area contributed by atoms with Crippen molar-refractivity contribution in [2.75, 3.05) is 39.6 Å². The van der Waals surface area contributed by atoms with Gasteiger partial charge in [-0.15, -0.1) is 0 Å². The van der Waals surface area contributed by atoms with Gasteiger partial charge in [0.05, 0.1) is 26.4 Å². The second kappa shape index (κ2) is 70.5. The number of aliphatic hydroxyl groups excluding tert-OH is 1. The van der Waals surface area contributed by atoms with E-state index in [2.05, 4.69) is 76.3 Å². The molecule has 0 heterocycles. The van der Waals surface area contributed by atoms with Crippen molar-refractivity contribution in [2.24, 2.45) is 0 Å². The molecule has 0 radical (unpaired) electrons. The van der Waals surface area contributed by atoms with Crippen LogP contribution in [0.3, 0.4) is 0 Å². The average Bonchev–Trinajstić information content (AvgIpc) is 1.41. The number of allylic oxidation sites excluding steroid dienone is 8. The third-order valence-electron chi connectivity index (χ3n) is 16.8. The summed E-state index contributed by atoms with van der Waals surface area (Å²) in [7, 11) is -9.92. The first-order valence-electron chi connectivity index (χ1n) is 38.9. The Balaban J connectivity index is 5.27. The number of aliphatic hydroxyl groups is 1. The first-order chi connectivity index (χ1) is 46.7. The Bertz CT molecular complexity index is 2010. The molecule has 0 aromatic rings. The molecule has 0 saturated carbocycles. The zero-order valence-electron chi connectivity index (χ0n) is 61.3. The highest BCUT2D eigenvalue weighted by Crippen LogP contribution is 2.45. The fourth-order valence-electron chi connectivity index (χ4n) is 10.9. The molecular weight excluding hydrogens is 1260 g/mol. The molecule has 562 valence electrons. The number of unbranched alkanes of at least 4 members (excludes halogenated alkanes) is 40.